The smallest absolute Gasteiger partial charge is 0.169 e. The molecule has 2 aromatic rings. The molecule has 2 heterocycles. The van der Waals surface area contributed by atoms with Crippen LogP contribution in [0.1, 0.15) is 80.4 Å². The number of aryl methyl sites for hydroxylation is 4. The Kier molecular flexibility index (Phi) is 38.2. The van der Waals surface area contributed by atoms with Crippen molar-refractivity contribution in [2.75, 3.05) is 0 Å². The Hall–Kier alpha value is -1.12. The van der Waals surface area contributed by atoms with E-state index in [-0.39, 0.29) is 54.5 Å². The van der Waals surface area contributed by atoms with Gasteiger partial charge in [0.25, 0.3) is 0 Å². The molecule has 0 aliphatic rings. The number of hydrogen-bond acceptors (Lipinski definition) is 0. The molecule has 4 heteroatoms. The fourth-order valence-electron chi connectivity index (χ4n) is 2.04. The van der Waals surface area contributed by atoms with Crippen molar-refractivity contribution in [2.45, 2.75) is 96.2 Å². The lowest BCUT2D eigenvalue weighted by molar-refractivity contribution is -0.697. The van der Waals surface area contributed by atoms with E-state index < -0.39 is 0 Å². The second-order valence-corrected chi connectivity index (χ2v) is 5.93. The van der Waals surface area contributed by atoms with Crippen molar-refractivity contribution in [2.24, 2.45) is 0 Å². The third-order valence-electron chi connectivity index (χ3n) is 3.66. The summed E-state index contributed by atoms with van der Waals surface area (Å²) >= 11 is 0. The lowest BCUT2D eigenvalue weighted by Gasteiger charge is -1.94. The zero-order valence-corrected chi connectivity index (χ0v) is 17.1. The van der Waals surface area contributed by atoms with Crippen LogP contribution in [0.3, 0.4) is 0 Å². The maximum absolute atomic E-state index is 2.23. The number of rotatable bonds is 6. The molecule has 0 bridgehead atoms. The fraction of sp³-hybridized carbons (Fsp3) is 0.583. The molecule has 0 saturated carbocycles. The first kappa shape index (κ1) is 41.3. The monoisotopic (exact) mass is 435 g/mol. The highest BCUT2D eigenvalue weighted by Crippen LogP contribution is 1.92. The topological polar surface area (TPSA) is 7.76 Å². The molecule has 28 heavy (non-hydrogen) atoms. The number of aromatic nitrogens is 2. The quantitative estimate of drug-likeness (QED) is 0.602. The highest BCUT2D eigenvalue weighted by molar-refractivity contribution is 5.85. The summed E-state index contributed by atoms with van der Waals surface area (Å²) in [6.45, 7) is 11.0. The van der Waals surface area contributed by atoms with Gasteiger partial charge >= 0.3 is 0 Å². The zero-order chi connectivity index (χ0) is 16.2. The number of hydrogen-bond donors (Lipinski definition) is 0. The third kappa shape index (κ3) is 19.6. The molecule has 0 fully saturated rings. The average Bonchev–Trinajstić information content (AvgIpc) is 2.54. The molecule has 2 aromatic heterocycles. The standard InChI is InChI=1S/2C10H16N.4CH4.2ClH/c2*1-3-4-7-11-8-5-10(2)6-9-11;;;;;;/h2*5-6,8-9H,3-4,7H2,1-2H3;4*1H4;2*1H/q2*+1;;;;;;/p-1. The Morgan fingerprint density at radius 1 is 0.607 bits per heavy atom. The van der Waals surface area contributed by atoms with E-state index in [0.29, 0.717) is 0 Å². The Morgan fingerprint density at radius 3 is 1.07 bits per heavy atom. The van der Waals surface area contributed by atoms with Crippen LogP contribution < -0.4 is 21.5 Å². The van der Waals surface area contributed by atoms with Gasteiger partial charge in [-0.25, -0.2) is 9.13 Å². The average molecular weight is 437 g/mol. The van der Waals surface area contributed by atoms with Crippen molar-refractivity contribution >= 4 is 12.4 Å². The maximum Gasteiger partial charge on any atom is 0.169 e. The van der Waals surface area contributed by atoms with Gasteiger partial charge in [-0.2, -0.15) is 0 Å². The Morgan fingerprint density at radius 2 is 0.857 bits per heavy atom. The molecule has 0 aliphatic heterocycles. The molecule has 0 spiro atoms. The van der Waals surface area contributed by atoms with Crippen LogP contribution in [-0.4, -0.2) is 0 Å². The van der Waals surface area contributed by atoms with E-state index in [0.717, 1.165) is 13.1 Å². The van der Waals surface area contributed by atoms with Gasteiger partial charge in [0.1, 0.15) is 13.1 Å². The van der Waals surface area contributed by atoms with Crippen molar-refractivity contribution in [1.29, 1.82) is 0 Å². The summed E-state index contributed by atoms with van der Waals surface area (Å²) in [5.74, 6) is 0. The molecule has 0 saturated heterocycles. The molecule has 0 atom stereocenters. The lowest BCUT2D eigenvalue weighted by atomic mass is 10.3. The first-order chi connectivity index (χ1) is 10.7. The first-order valence-electron chi connectivity index (χ1n) is 8.57. The summed E-state index contributed by atoms with van der Waals surface area (Å²) in [6, 6.07) is 8.59. The fourth-order valence-corrected chi connectivity index (χ4v) is 2.04. The van der Waals surface area contributed by atoms with Crippen molar-refractivity contribution in [3.63, 3.8) is 0 Å². The molecule has 2 nitrogen and oxygen atoms in total. The van der Waals surface area contributed by atoms with Crippen molar-refractivity contribution in [3.8, 4) is 0 Å². The number of pyridine rings is 2. The van der Waals surface area contributed by atoms with E-state index in [1.165, 1.54) is 36.8 Å². The largest absolute Gasteiger partial charge is 1.00 e. The molecule has 0 N–H and O–H groups in total. The van der Waals surface area contributed by atoms with Crippen LogP contribution in [0.5, 0.6) is 0 Å². The maximum atomic E-state index is 2.23. The molecule has 0 aliphatic carbocycles. The minimum absolute atomic E-state index is 0. The van der Waals surface area contributed by atoms with Crippen LogP contribution in [0.4, 0.5) is 0 Å². The second kappa shape index (κ2) is 25.9. The Bertz CT molecular complexity index is 462. The highest BCUT2D eigenvalue weighted by Gasteiger charge is 1.96. The van der Waals surface area contributed by atoms with Crippen LogP contribution >= 0.6 is 12.4 Å². The predicted molar refractivity (Wildman–Crippen MR) is 127 cm³/mol. The normalized spacial score (nSPS) is 7.86. The van der Waals surface area contributed by atoms with E-state index in [1.807, 2.05) is 0 Å². The van der Waals surface area contributed by atoms with Gasteiger partial charge in [0.15, 0.2) is 24.8 Å². The number of nitrogens with zero attached hydrogens (tertiary/aromatic N) is 2. The van der Waals surface area contributed by atoms with Gasteiger partial charge in [0.2, 0.25) is 0 Å². The zero-order valence-electron chi connectivity index (χ0n) is 15.5. The summed E-state index contributed by atoms with van der Waals surface area (Å²) in [7, 11) is 0. The van der Waals surface area contributed by atoms with Gasteiger partial charge in [0.05, 0.1) is 0 Å². The van der Waals surface area contributed by atoms with Gasteiger partial charge in [-0.3, -0.25) is 0 Å². The first-order valence-corrected chi connectivity index (χ1v) is 8.57. The lowest BCUT2D eigenvalue weighted by Crippen LogP contribution is -3.00. The third-order valence-corrected chi connectivity index (χ3v) is 3.66. The van der Waals surface area contributed by atoms with Crippen molar-refractivity contribution < 1.29 is 21.5 Å². The molecule has 0 amide bonds. The van der Waals surface area contributed by atoms with Crippen LogP contribution in [-0.2, 0) is 13.1 Å². The highest BCUT2D eigenvalue weighted by atomic mass is 35.5. The van der Waals surface area contributed by atoms with Crippen molar-refractivity contribution in [3.05, 3.63) is 60.2 Å². The van der Waals surface area contributed by atoms with E-state index in [4.69, 9.17) is 0 Å². The van der Waals surface area contributed by atoms with Crippen LogP contribution in [0.2, 0.25) is 0 Å². The van der Waals surface area contributed by atoms with Crippen LogP contribution in [0, 0.1) is 13.8 Å². The Balaban J connectivity index is -0.0000000712. The predicted octanol–water partition coefficient (Wildman–Crippen LogP) is 4.14. The molecular formula is C24H49Cl2N2+. The molecule has 0 radical (unpaired) electrons. The van der Waals surface area contributed by atoms with E-state index in [2.05, 4.69) is 85.9 Å². The second-order valence-electron chi connectivity index (χ2n) is 5.93. The molecule has 168 valence electrons. The molecular weight excluding hydrogens is 387 g/mol. The minimum atomic E-state index is 0. The van der Waals surface area contributed by atoms with Gasteiger partial charge in [-0.1, -0.05) is 56.4 Å². The van der Waals surface area contributed by atoms with Crippen LogP contribution in [0.15, 0.2) is 49.1 Å². The van der Waals surface area contributed by atoms with Gasteiger partial charge in [-0.05, 0) is 25.0 Å². The number of halogens is 2. The van der Waals surface area contributed by atoms with E-state index >= 15 is 0 Å². The SMILES string of the molecule is C.C.C.C.CCCC[n+]1ccc(C)cc1.CCCC[n+]1ccc(C)cc1.Cl.[Cl-]. The summed E-state index contributed by atoms with van der Waals surface area (Å²) in [4.78, 5) is 0. The summed E-state index contributed by atoms with van der Waals surface area (Å²) in [5.41, 5.74) is 2.66. The summed E-state index contributed by atoms with van der Waals surface area (Å²) < 4.78 is 4.47. The number of unbranched alkanes of at least 4 members (excludes halogenated alkanes) is 2. The van der Waals surface area contributed by atoms with Crippen LogP contribution in [0.25, 0.3) is 0 Å². The molecule has 0 unspecified atom stereocenters. The van der Waals surface area contributed by atoms with Crippen molar-refractivity contribution in [1.82, 2.24) is 0 Å². The molecule has 2 rings (SSSR count). The van der Waals surface area contributed by atoms with Gasteiger partial charge < -0.3 is 12.4 Å². The molecule has 0 aromatic carbocycles. The van der Waals surface area contributed by atoms with E-state index in [9.17, 15) is 0 Å². The van der Waals surface area contributed by atoms with E-state index in [1.54, 1.807) is 0 Å². The summed E-state index contributed by atoms with van der Waals surface area (Å²) in [6.07, 6.45) is 13.6. The summed E-state index contributed by atoms with van der Waals surface area (Å²) in [5, 5.41) is 0. The Labute approximate surface area is 190 Å². The van der Waals surface area contributed by atoms with Gasteiger partial charge in [-0.15, -0.1) is 12.4 Å². The van der Waals surface area contributed by atoms with Gasteiger partial charge in [0, 0.05) is 37.1 Å². The minimum Gasteiger partial charge on any atom is -1.00 e.